The Morgan fingerprint density at radius 2 is 1.29 bits per heavy atom. The van der Waals surface area contributed by atoms with E-state index in [4.69, 9.17) is 4.84 Å². The van der Waals surface area contributed by atoms with Crippen LogP contribution in [0.5, 0.6) is 0 Å². The highest BCUT2D eigenvalue weighted by molar-refractivity contribution is 5.49. The van der Waals surface area contributed by atoms with Gasteiger partial charge in [0.25, 0.3) is 0 Å². The molecule has 0 radical (unpaired) electrons. The lowest BCUT2D eigenvalue weighted by molar-refractivity contribution is 0.130. The van der Waals surface area contributed by atoms with E-state index in [1.165, 1.54) is 11.1 Å². The van der Waals surface area contributed by atoms with Crippen LogP contribution >= 0.6 is 0 Å². The molecule has 0 saturated heterocycles. The van der Waals surface area contributed by atoms with Gasteiger partial charge < -0.3 is 0 Å². The number of benzene rings is 3. The summed E-state index contributed by atoms with van der Waals surface area (Å²) in [7, 11) is 0. The van der Waals surface area contributed by atoms with Gasteiger partial charge in [0.1, 0.15) is 0 Å². The second-order valence-corrected chi connectivity index (χ2v) is 5.47. The first-order valence-electron chi connectivity index (χ1n) is 8.13. The Hall–Kier alpha value is -2.84. The zero-order valence-electron chi connectivity index (χ0n) is 13.6. The van der Waals surface area contributed by atoms with Crippen molar-refractivity contribution in [2.45, 2.75) is 6.54 Å². The fraction of sp³-hybridized carbons (Fsp3) is 0.0909. The zero-order chi connectivity index (χ0) is 16.5. The fourth-order valence-corrected chi connectivity index (χ4v) is 2.44. The molecule has 3 aromatic carbocycles. The highest BCUT2D eigenvalue weighted by atomic mass is 16.7. The first kappa shape index (κ1) is 16.0. The van der Waals surface area contributed by atoms with Crippen molar-refractivity contribution < 1.29 is 4.84 Å². The minimum Gasteiger partial charge on any atom is -0.269 e. The van der Waals surface area contributed by atoms with Crippen LogP contribution in [0, 0.1) is 0 Å². The summed E-state index contributed by atoms with van der Waals surface area (Å²) in [6.45, 7) is 1.24. The number of hydrogen-bond acceptors (Lipinski definition) is 2. The van der Waals surface area contributed by atoms with Gasteiger partial charge in [-0.2, -0.15) is 0 Å². The third kappa shape index (κ3) is 4.83. The average molecular weight is 315 g/mol. The van der Waals surface area contributed by atoms with E-state index in [-0.39, 0.29) is 0 Å². The van der Waals surface area contributed by atoms with Crippen molar-refractivity contribution in [1.29, 1.82) is 0 Å². The molecule has 2 heteroatoms. The van der Waals surface area contributed by atoms with Gasteiger partial charge in [-0.25, -0.2) is 5.06 Å². The number of rotatable bonds is 7. The SMILES string of the molecule is C(=C\c1ccccc1)/CON(Cc1ccccc1)c1ccccc1. The van der Waals surface area contributed by atoms with Crippen LogP contribution in [0.3, 0.4) is 0 Å². The molecule has 2 nitrogen and oxygen atoms in total. The number of hydroxylamine groups is 1. The summed E-state index contributed by atoms with van der Waals surface area (Å²) in [4.78, 5) is 6.00. The van der Waals surface area contributed by atoms with Crippen molar-refractivity contribution in [3.8, 4) is 0 Å². The Bertz CT molecular complexity index is 739. The van der Waals surface area contributed by atoms with E-state index in [0.29, 0.717) is 13.2 Å². The maximum Gasteiger partial charge on any atom is 0.0933 e. The van der Waals surface area contributed by atoms with Gasteiger partial charge >= 0.3 is 0 Å². The van der Waals surface area contributed by atoms with Crippen molar-refractivity contribution in [1.82, 2.24) is 0 Å². The molecule has 0 fully saturated rings. The Kier molecular flexibility index (Phi) is 5.81. The van der Waals surface area contributed by atoms with E-state index in [9.17, 15) is 0 Å². The molecule has 0 aliphatic heterocycles. The Morgan fingerprint density at radius 3 is 1.96 bits per heavy atom. The van der Waals surface area contributed by atoms with E-state index < -0.39 is 0 Å². The van der Waals surface area contributed by atoms with Crippen LogP contribution in [-0.4, -0.2) is 6.61 Å². The van der Waals surface area contributed by atoms with E-state index in [0.717, 1.165) is 5.69 Å². The fourth-order valence-electron chi connectivity index (χ4n) is 2.44. The van der Waals surface area contributed by atoms with Crippen LogP contribution in [0.15, 0.2) is 97.1 Å². The summed E-state index contributed by atoms with van der Waals surface area (Å²) in [6, 6.07) is 30.8. The quantitative estimate of drug-likeness (QED) is 0.546. The number of para-hydroxylation sites is 1. The second kappa shape index (κ2) is 8.70. The maximum atomic E-state index is 6.00. The van der Waals surface area contributed by atoms with Gasteiger partial charge in [0.15, 0.2) is 0 Å². The predicted molar refractivity (Wildman–Crippen MR) is 100 cm³/mol. The van der Waals surface area contributed by atoms with E-state index >= 15 is 0 Å². The topological polar surface area (TPSA) is 12.5 Å². The van der Waals surface area contributed by atoms with Gasteiger partial charge in [-0.1, -0.05) is 91.0 Å². The molecule has 24 heavy (non-hydrogen) atoms. The average Bonchev–Trinajstić information content (AvgIpc) is 2.66. The lowest BCUT2D eigenvalue weighted by Crippen LogP contribution is -2.23. The van der Waals surface area contributed by atoms with Crippen LogP contribution in [0.2, 0.25) is 0 Å². The molecule has 3 rings (SSSR count). The number of hydrogen-bond donors (Lipinski definition) is 0. The summed E-state index contributed by atoms with van der Waals surface area (Å²) < 4.78 is 0. The standard InChI is InChI=1S/C22H21NO/c1-4-11-20(12-5-1)15-10-18-24-23(22-16-8-3-9-17-22)19-21-13-6-2-7-14-21/h1-17H,18-19H2/b15-10+. The smallest absolute Gasteiger partial charge is 0.0933 e. The molecule has 0 N–H and O–H groups in total. The van der Waals surface area contributed by atoms with Crippen molar-refractivity contribution in [3.63, 3.8) is 0 Å². The molecular weight excluding hydrogens is 294 g/mol. The largest absolute Gasteiger partial charge is 0.269 e. The Balaban J connectivity index is 1.65. The van der Waals surface area contributed by atoms with Gasteiger partial charge in [-0.05, 0) is 23.3 Å². The van der Waals surface area contributed by atoms with Gasteiger partial charge in [-0.3, -0.25) is 4.84 Å². The van der Waals surface area contributed by atoms with Crippen LogP contribution in [0.4, 0.5) is 5.69 Å². The third-order valence-corrected chi connectivity index (χ3v) is 3.65. The first-order chi connectivity index (χ1) is 11.9. The summed E-state index contributed by atoms with van der Waals surface area (Å²) in [5, 5.41) is 1.94. The minimum absolute atomic E-state index is 0.524. The lowest BCUT2D eigenvalue weighted by Gasteiger charge is -2.23. The zero-order valence-corrected chi connectivity index (χ0v) is 13.6. The Labute approximate surface area is 143 Å². The van der Waals surface area contributed by atoms with Crippen LogP contribution in [0.25, 0.3) is 6.08 Å². The van der Waals surface area contributed by atoms with E-state index in [1.54, 1.807) is 0 Å². The molecule has 0 amide bonds. The molecule has 0 unspecified atom stereocenters. The third-order valence-electron chi connectivity index (χ3n) is 3.65. The molecule has 0 aliphatic rings. The van der Waals surface area contributed by atoms with Crippen LogP contribution in [0.1, 0.15) is 11.1 Å². The molecule has 0 aromatic heterocycles. The molecule has 0 bridgehead atoms. The van der Waals surface area contributed by atoms with E-state index in [2.05, 4.69) is 42.5 Å². The monoisotopic (exact) mass is 315 g/mol. The first-order valence-corrected chi connectivity index (χ1v) is 8.13. The minimum atomic E-state index is 0.524. The van der Waals surface area contributed by atoms with Gasteiger partial charge in [-0.15, -0.1) is 0 Å². The molecule has 0 atom stereocenters. The maximum absolute atomic E-state index is 6.00. The predicted octanol–water partition coefficient (Wildman–Crippen LogP) is 5.34. The summed E-state index contributed by atoms with van der Waals surface area (Å²) in [5.41, 5.74) is 3.44. The highest BCUT2D eigenvalue weighted by Gasteiger charge is 2.07. The lowest BCUT2D eigenvalue weighted by atomic mass is 10.2. The molecule has 0 spiro atoms. The number of anilines is 1. The highest BCUT2D eigenvalue weighted by Crippen LogP contribution is 2.17. The molecule has 0 saturated carbocycles. The summed E-state index contributed by atoms with van der Waals surface area (Å²) in [5.74, 6) is 0. The van der Waals surface area contributed by atoms with Crippen LogP contribution < -0.4 is 5.06 Å². The Morgan fingerprint density at radius 1 is 0.708 bits per heavy atom. The number of nitrogens with zero attached hydrogens (tertiary/aromatic N) is 1. The van der Waals surface area contributed by atoms with Crippen molar-refractivity contribution >= 4 is 11.8 Å². The second-order valence-electron chi connectivity index (χ2n) is 5.47. The molecule has 0 heterocycles. The molecule has 0 aliphatic carbocycles. The van der Waals surface area contributed by atoms with Gasteiger partial charge in [0.05, 0.1) is 18.8 Å². The molecule has 120 valence electrons. The van der Waals surface area contributed by atoms with Gasteiger partial charge in [0.2, 0.25) is 0 Å². The molecule has 3 aromatic rings. The van der Waals surface area contributed by atoms with E-state index in [1.807, 2.05) is 65.7 Å². The van der Waals surface area contributed by atoms with Crippen LogP contribution in [-0.2, 0) is 11.4 Å². The molecular formula is C22H21NO. The van der Waals surface area contributed by atoms with Gasteiger partial charge in [0, 0.05) is 0 Å². The van der Waals surface area contributed by atoms with Crippen molar-refractivity contribution in [2.75, 3.05) is 11.7 Å². The van der Waals surface area contributed by atoms with Crippen molar-refractivity contribution in [2.24, 2.45) is 0 Å². The normalized spacial score (nSPS) is 10.8. The summed E-state index contributed by atoms with van der Waals surface area (Å²) in [6.07, 6.45) is 4.11. The summed E-state index contributed by atoms with van der Waals surface area (Å²) >= 11 is 0. The van der Waals surface area contributed by atoms with Crippen molar-refractivity contribution in [3.05, 3.63) is 108 Å².